The second-order valence-corrected chi connectivity index (χ2v) is 4.99. The average Bonchev–Trinajstić information content (AvgIpc) is 2.32. The lowest BCUT2D eigenvalue weighted by atomic mass is 10.2. The molecular formula is C12H22N4O. The van der Waals surface area contributed by atoms with E-state index in [0.717, 1.165) is 52.4 Å². The Morgan fingerprint density at radius 3 is 2.53 bits per heavy atom. The van der Waals surface area contributed by atoms with Crippen LogP contribution in [0.15, 0.2) is 0 Å². The number of hydrogen-bond donors (Lipinski definition) is 0. The molecule has 2 saturated heterocycles. The van der Waals surface area contributed by atoms with Crippen LogP contribution in [0.4, 0.5) is 0 Å². The third kappa shape index (κ3) is 3.93. The molecule has 2 aliphatic heterocycles. The van der Waals surface area contributed by atoms with Crippen LogP contribution in [-0.4, -0.2) is 86.8 Å². The zero-order valence-corrected chi connectivity index (χ0v) is 10.6. The summed E-state index contributed by atoms with van der Waals surface area (Å²) in [6.07, 6.45) is 0.358. The summed E-state index contributed by atoms with van der Waals surface area (Å²) in [6.45, 7) is 8.68. The van der Waals surface area contributed by atoms with Crippen molar-refractivity contribution in [1.29, 1.82) is 5.26 Å². The summed E-state index contributed by atoms with van der Waals surface area (Å²) in [6, 6.07) is 2.22. The number of nitrogens with zero attached hydrogens (tertiary/aromatic N) is 4. The van der Waals surface area contributed by atoms with Crippen LogP contribution in [-0.2, 0) is 4.74 Å². The summed E-state index contributed by atoms with van der Waals surface area (Å²) in [5.41, 5.74) is 0. The van der Waals surface area contributed by atoms with Crippen molar-refractivity contribution in [2.24, 2.45) is 0 Å². The van der Waals surface area contributed by atoms with Crippen molar-refractivity contribution in [1.82, 2.24) is 14.7 Å². The van der Waals surface area contributed by atoms with Crippen LogP contribution in [0, 0.1) is 11.3 Å². The molecular weight excluding hydrogens is 216 g/mol. The summed E-state index contributed by atoms with van der Waals surface area (Å²) < 4.78 is 5.78. The molecule has 0 bridgehead atoms. The second kappa shape index (κ2) is 6.31. The number of likely N-dealkylation sites (N-methyl/N-ethyl adjacent to an activating group) is 1. The molecule has 2 heterocycles. The van der Waals surface area contributed by atoms with Crippen LogP contribution >= 0.6 is 0 Å². The number of morpholine rings is 1. The van der Waals surface area contributed by atoms with Gasteiger partial charge in [-0.05, 0) is 7.05 Å². The van der Waals surface area contributed by atoms with Gasteiger partial charge >= 0.3 is 0 Å². The number of nitriles is 1. The number of piperazine rings is 1. The van der Waals surface area contributed by atoms with Gasteiger partial charge in [-0.3, -0.25) is 9.80 Å². The van der Waals surface area contributed by atoms with Crippen LogP contribution < -0.4 is 0 Å². The normalized spacial score (nSPS) is 29.1. The first-order valence-corrected chi connectivity index (χ1v) is 6.40. The Morgan fingerprint density at radius 2 is 1.88 bits per heavy atom. The zero-order chi connectivity index (χ0) is 12.1. The molecule has 0 aliphatic carbocycles. The fourth-order valence-corrected chi connectivity index (χ4v) is 2.50. The minimum absolute atomic E-state index is 0.358. The van der Waals surface area contributed by atoms with Crippen molar-refractivity contribution in [3.05, 3.63) is 0 Å². The molecule has 0 aromatic carbocycles. The minimum Gasteiger partial charge on any atom is -0.374 e. The summed E-state index contributed by atoms with van der Waals surface area (Å²) >= 11 is 0. The highest BCUT2D eigenvalue weighted by atomic mass is 16.5. The van der Waals surface area contributed by atoms with E-state index in [4.69, 9.17) is 10.00 Å². The average molecular weight is 238 g/mol. The summed E-state index contributed by atoms with van der Waals surface area (Å²) in [5, 5.41) is 8.64. The Hall–Kier alpha value is -0.670. The largest absolute Gasteiger partial charge is 0.374 e. The van der Waals surface area contributed by atoms with Gasteiger partial charge < -0.3 is 9.64 Å². The van der Waals surface area contributed by atoms with Crippen LogP contribution in [0.25, 0.3) is 0 Å². The van der Waals surface area contributed by atoms with Gasteiger partial charge in [0.05, 0.1) is 25.3 Å². The Morgan fingerprint density at radius 1 is 1.18 bits per heavy atom. The maximum Gasteiger partial charge on any atom is 0.0866 e. The van der Waals surface area contributed by atoms with E-state index in [2.05, 4.69) is 27.8 Å². The highest BCUT2D eigenvalue weighted by Gasteiger charge is 2.23. The quantitative estimate of drug-likeness (QED) is 0.618. The van der Waals surface area contributed by atoms with Crippen LogP contribution in [0.5, 0.6) is 0 Å². The Labute approximate surface area is 104 Å². The molecule has 5 heteroatoms. The molecule has 1 unspecified atom stereocenters. The van der Waals surface area contributed by atoms with Gasteiger partial charge in [-0.15, -0.1) is 0 Å². The van der Waals surface area contributed by atoms with Gasteiger partial charge in [-0.25, -0.2) is 0 Å². The number of hydrogen-bond acceptors (Lipinski definition) is 5. The molecule has 2 rings (SSSR count). The van der Waals surface area contributed by atoms with Crippen molar-refractivity contribution < 1.29 is 4.74 Å². The van der Waals surface area contributed by atoms with E-state index in [0.29, 0.717) is 12.6 Å². The van der Waals surface area contributed by atoms with E-state index in [1.807, 2.05) is 0 Å². The Balaban J connectivity index is 1.69. The van der Waals surface area contributed by atoms with Crippen molar-refractivity contribution in [2.75, 3.05) is 66.0 Å². The summed E-state index contributed by atoms with van der Waals surface area (Å²) in [7, 11) is 2.15. The highest BCUT2D eigenvalue weighted by molar-refractivity contribution is 4.82. The summed E-state index contributed by atoms with van der Waals surface area (Å²) in [5.74, 6) is 0. The number of rotatable bonds is 3. The molecule has 96 valence electrons. The van der Waals surface area contributed by atoms with Crippen molar-refractivity contribution in [2.45, 2.75) is 6.10 Å². The maximum absolute atomic E-state index is 8.64. The van der Waals surface area contributed by atoms with Gasteiger partial charge in [0.2, 0.25) is 0 Å². The van der Waals surface area contributed by atoms with Crippen LogP contribution in [0.3, 0.4) is 0 Å². The third-order valence-corrected chi connectivity index (χ3v) is 3.56. The molecule has 0 spiro atoms. The molecule has 1 atom stereocenters. The Bertz CT molecular complexity index is 270. The third-order valence-electron chi connectivity index (χ3n) is 3.56. The second-order valence-electron chi connectivity index (χ2n) is 4.99. The van der Waals surface area contributed by atoms with Gasteiger partial charge in [-0.1, -0.05) is 0 Å². The lowest BCUT2D eigenvalue weighted by molar-refractivity contribution is -0.0405. The fourth-order valence-electron chi connectivity index (χ4n) is 2.50. The van der Waals surface area contributed by atoms with Gasteiger partial charge in [-0.2, -0.15) is 5.26 Å². The molecule has 2 fully saturated rings. The first-order valence-electron chi connectivity index (χ1n) is 6.40. The lowest BCUT2D eigenvalue weighted by Gasteiger charge is -2.37. The monoisotopic (exact) mass is 238 g/mol. The first-order chi connectivity index (χ1) is 8.28. The molecule has 0 saturated carbocycles. The van der Waals surface area contributed by atoms with E-state index in [9.17, 15) is 0 Å². The van der Waals surface area contributed by atoms with Crippen molar-refractivity contribution in [3.8, 4) is 6.07 Å². The molecule has 0 amide bonds. The molecule has 2 aliphatic rings. The van der Waals surface area contributed by atoms with E-state index < -0.39 is 0 Å². The molecule has 0 N–H and O–H groups in total. The lowest BCUT2D eigenvalue weighted by Crippen LogP contribution is -2.52. The van der Waals surface area contributed by atoms with Crippen LogP contribution in [0.2, 0.25) is 0 Å². The molecule has 5 nitrogen and oxygen atoms in total. The van der Waals surface area contributed by atoms with Gasteiger partial charge in [0.15, 0.2) is 0 Å². The van der Waals surface area contributed by atoms with Gasteiger partial charge in [0, 0.05) is 45.8 Å². The zero-order valence-electron chi connectivity index (χ0n) is 10.6. The predicted octanol–water partition coefficient (Wildman–Crippen LogP) is -0.542. The summed E-state index contributed by atoms with van der Waals surface area (Å²) in [4.78, 5) is 7.00. The van der Waals surface area contributed by atoms with Crippen molar-refractivity contribution in [3.63, 3.8) is 0 Å². The molecule has 17 heavy (non-hydrogen) atoms. The van der Waals surface area contributed by atoms with Crippen molar-refractivity contribution >= 4 is 0 Å². The molecule has 0 radical (unpaired) electrons. The maximum atomic E-state index is 8.64. The fraction of sp³-hybridized carbons (Fsp3) is 0.917. The van der Waals surface area contributed by atoms with E-state index >= 15 is 0 Å². The van der Waals surface area contributed by atoms with E-state index in [1.165, 1.54) is 0 Å². The van der Waals surface area contributed by atoms with Gasteiger partial charge in [0.25, 0.3) is 0 Å². The standard InChI is InChI=1S/C12H22N4O/c1-14-8-9-17-12(10-14)11-16-6-4-15(3-2-13)5-7-16/h12H,3-11H2,1H3. The topological polar surface area (TPSA) is 42.7 Å². The molecule has 0 aromatic heterocycles. The SMILES string of the molecule is CN1CCOC(CN2CCN(CC#N)CC2)C1. The predicted molar refractivity (Wildman–Crippen MR) is 65.7 cm³/mol. The van der Waals surface area contributed by atoms with Gasteiger partial charge in [0.1, 0.15) is 0 Å². The minimum atomic E-state index is 0.358. The number of ether oxygens (including phenoxy) is 1. The van der Waals surface area contributed by atoms with E-state index in [1.54, 1.807) is 0 Å². The smallest absolute Gasteiger partial charge is 0.0866 e. The first kappa shape index (κ1) is 12.8. The molecule has 0 aromatic rings. The Kier molecular flexibility index (Phi) is 4.75. The highest BCUT2D eigenvalue weighted by Crippen LogP contribution is 2.08. The van der Waals surface area contributed by atoms with E-state index in [-0.39, 0.29) is 0 Å². The van der Waals surface area contributed by atoms with Crippen LogP contribution in [0.1, 0.15) is 0 Å².